The molecule has 0 bridgehead atoms. The van der Waals surface area contributed by atoms with Gasteiger partial charge in [-0.2, -0.15) is 11.3 Å². The summed E-state index contributed by atoms with van der Waals surface area (Å²) in [4.78, 5) is 14.2. The van der Waals surface area contributed by atoms with Crippen LogP contribution in [0.3, 0.4) is 0 Å². The van der Waals surface area contributed by atoms with Crippen molar-refractivity contribution in [3.05, 3.63) is 21.9 Å². The highest BCUT2D eigenvalue weighted by atomic mass is 32.1. The van der Waals surface area contributed by atoms with Crippen molar-refractivity contribution in [2.24, 2.45) is 0 Å². The van der Waals surface area contributed by atoms with Crippen LogP contribution in [0.1, 0.15) is 58.1 Å². The molecule has 5 heteroatoms. The van der Waals surface area contributed by atoms with Crippen molar-refractivity contribution in [2.45, 2.75) is 78.1 Å². The molecule has 0 aliphatic carbocycles. The van der Waals surface area contributed by atoms with Gasteiger partial charge < -0.3 is 15.0 Å². The molecule has 0 saturated carbocycles. The molecule has 0 aromatic carbocycles. The Morgan fingerprint density at radius 1 is 1.48 bits per heavy atom. The summed E-state index contributed by atoms with van der Waals surface area (Å²) in [7, 11) is 0. The van der Waals surface area contributed by atoms with E-state index in [2.05, 4.69) is 29.9 Å². The summed E-state index contributed by atoms with van der Waals surface area (Å²) in [6, 6.07) is 0.665. The van der Waals surface area contributed by atoms with Crippen molar-refractivity contribution in [3.8, 4) is 0 Å². The highest BCUT2D eigenvalue weighted by Crippen LogP contribution is 2.24. The van der Waals surface area contributed by atoms with Crippen LogP contribution in [0.2, 0.25) is 0 Å². The molecule has 23 heavy (non-hydrogen) atoms. The lowest BCUT2D eigenvalue weighted by atomic mass is 10.1. The fourth-order valence-corrected chi connectivity index (χ4v) is 3.84. The lowest BCUT2D eigenvalue weighted by Gasteiger charge is -2.30. The molecular weight excluding hydrogens is 308 g/mol. The van der Waals surface area contributed by atoms with E-state index in [1.807, 2.05) is 25.7 Å². The second kappa shape index (κ2) is 7.67. The third-order valence-corrected chi connectivity index (χ3v) is 5.14. The summed E-state index contributed by atoms with van der Waals surface area (Å²) in [5.74, 6) is 0. The number of hydrogen-bond acceptors (Lipinski definition) is 4. The summed E-state index contributed by atoms with van der Waals surface area (Å²) in [6.07, 6.45) is 2.95. The Morgan fingerprint density at radius 3 is 2.83 bits per heavy atom. The van der Waals surface area contributed by atoms with E-state index in [0.717, 1.165) is 32.4 Å². The molecular formula is C18H30N2O2S. The molecule has 4 nitrogen and oxygen atoms in total. The first kappa shape index (κ1) is 18.3. The molecule has 1 aliphatic rings. The SMILES string of the molecule is Cc1cscc1CNC(C)CC1CCCN1C(=O)OC(C)(C)C. The first-order valence-electron chi connectivity index (χ1n) is 8.51. The van der Waals surface area contributed by atoms with Crippen molar-refractivity contribution in [2.75, 3.05) is 6.54 Å². The molecule has 1 fully saturated rings. The molecule has 2 atom stereocenters. The zero-order chi connectivity index (χ0) is 17.0. The third kappa shape index (κ3) is 5.50. The van der Waals surface area contributed by atoms with Gasteiger partial charge in [0, 0.05) is 25.2 Å². The van der Waals surface area contributed by atoms with Gasteiger partial charge in [0.05, 0.1) is 0 Å². The number of amides is 1. The highest BCUT2D eigenvalue weighted by Gasteiger charge is 2.32. The summed E-state index contributed by atoms with van der Waals surface area (Å²) < 4.78 is 5.54. The minimum absolute atomic E-state index is 0.166. The van der Waals surface area contributed by atoms with Gasteiger partial charge in [0.2, 0.25) is 0 Å². The van der Waals surface area contributed by atoms with Gasteiger partial charge in [0.1, 0.15) is 5.60 Å². The number of likely N-dealkylation sites (tertiary alicyclic amines) is 1. The second-order valence-corrected chi connectivity index (χ2v) is 8.31. The van der Waals surface area contributed by atoms with E-state index in [-0.39, 0.29) is 12.1 Å². The minimum Gasteiger partial charge on any atom is -0.444 e. The molecule has 130 valence electrons. The molecule has 1 aliphatic heterocycles. The van der Waals surface area contributed by atoms with E-state index in [1.54, 1.807) is 11.3 Å². The van der Waals surface area contributed by atoms with Gasteiger partial charge >= 0.3 is 6.09 Å². The van der Waals surface area contributed by atoms with E-state index in [4.69, 9.17) is 4.74 Å². The van der Waals surface area contributed by atoms with Gasteiger partial charge in [0.25, 0.3) is 0 Å². The number of aryl methyl sites for hydroxylation is 1. The summed E-state index contributed by atoms with van der Waals surface area (Å²) in [5, 5.41) is 7.98. The van der Waals surface area contributed by atoms with Crippen molar-refractivity contribution >= 4 is 17.4 Å². The fourth-order valence-electron chi connectivity index (χ4n) is 2.99. The zero-order valence-electron chi connectivity index (χ0n) is 15.0. The average molecular weight is 339 g/mol. The molecule has 2 rings (SSSR count). The Kier molecular flexibility index (Phi) is 6.09. The lowest BCUT2D eigenvalue weighted by molar-refractivity contribution is 0.0214. The largest absolute Gasteiger partial charge is 0.444 e. The van der Waals surface area contributed by atoms with Crippen molar-refractivity contribution < 1.29 is 9.53 Å². The van der Waals surface area contributed by atoms with Crippen LogP contribution in [0.15, 0.2) is 10.8 Å². The van der Waals surface area contributed by atoms with Crippen LogP contribution in [-0.2, 0) is 11.3 Å². The number of carbonyl (C=O) groups is 1. The zero-order valence-corrected chi connectivity index (χ0v) is 15.8. The van der Waals surface area contributed by atoms with Gasteiger partial charge in [-0.3, -0.25) is 0 Å². The van der Waals surface area contributed by atoms with E-state index < -0.39 is 5.60 Å². The van der Waals surface area contributed by atoms with Crippen LogP contribution < -0.4 is 5.32 Å². The molecule has 2 unspecified atom stereocenters. The Labute approximate surface area is 144 Å². The van der Waals surface area contributed by atoms with Crippen molar-refractivity contribution in [3.63, 3.8) is 0 Å². The summed E-state index contributed by atoms with van der Waals surface area (Å²) in [6.45, 7) is 11.8. The van der Waals surface area contributed by atoms with E-state index in [9.17, 15) is 4.79 Å². The van der Waals surface area contributed by atoms with Crippen LogP contribution in [0, 0.1) is 6.92 Å². The smallest absolute Gasteiger partial charge is 0.410 e. The number of ether oxygens (including phenoxy) is 1. The fraction of sp³-hybridized carbons (Fsp3) is 0.722. The van der Waals surface area contributed by atoms with Crippen molar-refractivity contribution in [1.29, 1.82) is 0 Å². The monoisotopic (exact) mass is 338 g/mol. The standard InChI is InChI=1S/C18H30N2O2S/c1-13-11-23-12-15(13)10-19-14(2)9-16-7-6-8-20(16)17(21)22-18(3,4)5/h11-12,14,16,19H,6-10H2,1-5H3. The van der Waals surface area contributed by atoms with Gasteiger partial charge in [0.15, 0.2) is 0 Å². The number of rotatable bonds is 5. The van der Waals surface area contributed by atoms with E-state index >= 15 is 0 Å². The Morgan fingerprint density at radius 2 is 2.22 bits per heavy atom. The number of nitrogens with zero attached hydrogens (tertiary/aromatic N) is 1. The normalized spacial score (nSPS) is 19.9. The molecule has 1 amide bonds. The van der Waals surface area contributed by atoms with Crippen LogP contribution in [0.5, 0.6) is 0 Å². The van der Waals surface area contributed by atoms with Crippen molar-refractivity contribution in [1.82, 2.24) is 10.2 Å². The van der Waals surface area contributed by atoms with E-state index in [1.165, 1.54) is 11.1 Å². The predicted octanol–water partition coefficient (Wildman–Crippen LogP) is 4.32. The maximum atomic E-state index is 12.3. The number of thiophene rings is 1. The topological polar surface area (TPSA) is 41.6 Å². The maximum Gasteiger partial charge on any atom is 0.410 e. The number of nitrogens with one attached hydrogen (secondary N) is 1. The molecule has 2 heterocycles. The quantitative estimate of drug-likeness (QED) is 0.869. The van der Waals surface area contributed by atoms with Crippen LogP contribution >= 0.6 is 11.3 Å². The minimum atomic E-state index is -0.426. The second-order valence-electron chi connectivity index (χ2n) is 7.57. The average Bonchev–Trinajstić information content (AvgIpc) is 3.03. The molecule has 1 N–H and O–H groups in total. The van der Waals surface area contributed by atoms with Crippen LogP contribution in [0.25, 0.3) is 0 Å². The molecule has 0 spiro atoms. The van der Waals surface area contributed by atoms with Crippen LogP contribution in [-0.4, -0.2) is 35.2 Å². The van der Waals surface area contributed by atoms with Gasteiger partial charge in [-0.15, -0.1) is 0 Å². The Bertz CT molecular complexity index is 521. The lowest BCUT2D eigenvalue weighted by Crippen LogP contribution is -2.42. The number of carbonyl (C=O) groups excluding carboxylic acids is 1. The third-order valence-electron chi connectivity index (χ3n) is 4.23. The van der Waals surface area contributed by atoms with Gasteiger partial charge in [-0.1, -0.05) is 0 Å². The van der Waals surface area contributed by atoms with Crippen LogP contribution in [0.4, 0.5) is 4.79 Å². The van der Waals surface area contributed by atoms with Gasteiger partial charge in [-0.25, -0.2) is 4.79 Å². The van der Waals surface area contributed by atoms with Gasteiger partial charge in [-0.05, 0) is 75.8 Å². The molecule has 1 aromatic heterocycles. The predicted molar refractivity (Wildman–Crippen MR) is 95.9 cm³/mol. The first-order valence-corrected chi connectivity index (χ1v) is 9.45. The molecule has 1 saturated heterocycles. The number of hydrogen-bond donors (Lipinski definition) is 1. The summed E-state index contributed by atoms with van der Waals surface area (Å²) in [5.41, 5.74) is 2.30. The first-order chi connectivity index (χ1) is 10.8. The highest BCUT2D eigenvalue weighted by molar-refractivity contribution is 7.08. The molecule has 1 aromatic rings. The Balaban J connectivity index is 1.83. The summed E-state index contributed by atoms with van der Waals surface area (Å²) >= 11 is 1.75. The molecule has 0 radical (unpaired) electrons. The van der Waals surface area contributed by atoms with E-state index in [0.29, 0.717) is 6.04 Å². The Hall–Kier alpha value is -1.07. The maximum absolute atomic E-state index is 12.3.